The minimum absolute atomic E-state index is 0.0493. The summed E-state index contributed by atoms with van der Waals surface area (Å²) in [6.45, 7) is 5.34. The van der Waals surface area contributed by atoms with E-state index in [1.165, 1.54) is 38.6 Å². The maximum Gasteiger partial charge on any atom is 0.339 e. The van der Waals surface area contributed by atoms with Gasteiger partial charge in [0.25, 0.3) is 0 Å². The van der Waals surface area contributed by atoms with Crippen molar-refractivity contribution in [1.29, 1.82) is 0 Å². The van der Waals surface area contributed by atoms with Crippen molar-refractivity contribution in [2.75, 3.05) is 14.2 Å². The second-order valence-electron chi connectivity index (χ2n) is 7.47. The van der Waals surface area contributed by atoms with Crippen LogP contribution in [0.4, 0.5) is 0 Å². The van der Waals surface area contributed by atoms with Gasteiger partial charge in [-0.3, -0.25) is 4.98 Å². The third kappa shape index (κ3) is 5.94. The fraction of sp³-hybridized carbons (Fsp3) is 0.381. The SMILES string of the molecule is COC(=O)c1ccc(C(O)CC(=N[S+]([O-])C(C)(C)C)c2ccc(OC)cc2O)nc1. The van der Waals surface area contributed by atoms with Gasteiger partial charge >= 0.3 is 5.97 Å². The number of carbonyl (C=O) groups is 1. The summed E-state index contributed by atoms with van der Waals surface area (Å²) in [6.07, 6.45) is 0.153. The summed E-state index contributed by atoms with van der Waals surface area (Å²) in [5.74, 6) is -0.192. The average Bonchev–Trinajstić information content (AvgIpc) is 2.71. The van der Waals surface area contributed by atoms with Crippen molar-refractivity contribution < 1.29 is 29.0 Å². The molecule has 0 radical (unpaired) electrons. The number of aliphatic hydroxyl groups excluding tert-OH is 1. The largest absolute Gasteiger partial charge is 0.591 e. The maximum atomic E-state index is 12.6. The Morgan fingerprint density at radius 2 is 1.97 bits per heavy atom. The van der Waals surface area contributed by atoms with E-state index in [1.54, 1.807) is 32.9 Å². The molecule has 0 aliphatic heterocycles. The maximum absolute atomic E-state index is 12.6. The van der Waals surface area contributed by atoms with Crippen LogP contribution >= 0.6 is 0 Å². The number of ether oxygens (including phenoxy) is 2. The number of rotatable bonds is 7. The van der Waals surface area contributed by atoms with Crippen LogP contribution in [-0.4, -0.2) is 50.4 Å². The minimum atomic E-state index is -1.61. The number of phenols is 1. The third-order valence-corrected chi connectivity index (χ3v) is 5.60. The Labute approximate surface area is 178 Å². The van der Waals surface area contributed by atoms with Crippen molar-refractivity contribution in [2.24, 2.45) is 4.40 Å². The van der Waals surface area contributed by atoms with E-state index in [-0.39, 0.29) is 23.4 Å². The van der Waals surface area contributed by atoms with Crippen molar-refractivity contribution in [1.82, 2.24) is 4.98 Å². The van der Waals surface area contributed by atoms with Crippen LogP contribution in [0.15, 0.2) is 40.9 Å². The van der Waals surface area contributed by atoms with Gasteiger partial charge in [-0.25, -0.2) is 4.79 Å². The van der Waals surface area contributed by atoms with Crippen LogP contribution in [0, 0.1) is 0 Å². The number of nitrogens with zero attached hydrogens (tertiary/aromatic N) is 2. The lowest BCUT2D eigenvalue weighted by atomic mass is 10.0. The van der Waals surface area contributed by atoms with Crippen molar-refractivity contribution in [3.05, 3.63) is 53.3 Å². The molecule has 2 rings (SSSR count). The number of pyridine rings is 1. The lowest BCUT2D eigenvalue weighted by Gasteiger charge is -2.20. The molecule has 0 bridgehead atoms. The molecule has 0 aliphatic carbocycles. The topological polar surface area (TPSA) is 124 Å². The van der Waals surface area contributed by atoms with Crippen LogP contribution in [0.3, 0.4) is 0 Å². The minimum Gasteiger partial charge on any atom is -0.591 e. The van der Waals surface area contributed by atoms with E-state index in [1.807, 2.05) is 0 Å². The quantitative estimate of drug-likeness (QED) is 0.390. The predicted molar refractivity (Wildman–Crippen MR) is 114 cm³/mol. The molecule has 2 aromatic rings. The Balaban J connectivity index is 2.37. The highest BCUT2D eigenvalue weighted by molar-refractivity contribution is 7.91. The molecule has 1 aromatic carbocycles. The smallest absolute Gasteiger partial charge is 0.339 e. The first-order valence-corrected chi connectivity index (χ1v) is 10.3. The standard InChI is InChI=1S/C21H26N2O6S/c1-21(2,3)30(27)23-17(15-8-7-14(28-4)10-18(15)24)11-19(25)16-9-6-13(12-22-16)20(26)29-5/h6-10,12,19,24-25H,11H2,1-5H3. The second kappa shape index (κ2) is 9.92. The molecule has 1 aromatic heterocycles. The van der Waals surface area contributed by atoms with Crippen LogP contribution in [0.25, 0.3) is 0 Å². The van der Waals surface area contributed by atoms with E-state index in [4.69, 9.17) is 4.74 Å². The highest BCUT2D eigenvalue weighted by Crippen LogP contribution is 2.29. The van der Waals surface area contributed by atoms with Crippen LogP contribution in [0.2, 0.25) is 0 Å². The molecule has 0 spiro atoms. The molecule has 162 valence electrons. The zero-order chi connectivity index (χ0) is 22.5. The molecule has 1 heterocycles. The molecule has 0 amide bonds. The van der Waals surface area contributed by atoms with Crippen LogP contribution in [0.5, 0.6) is 11.5 Å². The molecule has 8 nitrogen and oxygen atoms in total. The zero-order valence-corrected chi connectivity index (χ0v) is 18.4. The number of hydrogen-bond acceptors (Lipinski definition) is 8. The number of phenolic OH excluding ortho intramolecular Hbond substituents is 1. The van der Waals surface area contributed by atoms with E-state index < -0.39 is 28.2 Å². The summed E-state index contributed by atoms with van der Waals surface area (Å²) in [4.78, 5) is 15.7. The highest BCUT2D eigenvalue weighted by Gasteiger charge is 2.29. The molecule has 2 unspecified atom stereocenters. The molecule has 30 heavy (non-hydrogen) atoms. The van der Waals surface area contributed by atoms with Crippen LogP contribution in [0.1, 0.15) is 54.9 Å². The summed E-state index contributed by atoms with van der Waals surface area (Å²) >= 11 is -1.61. The fourth-order valence-corrected chi connectivity index (χ4v) is 3.09. The molecule has 0 saturated carbocycles. The van der Waals surface area contributed by atoms with Gasteiger partial charge in [-0.05, 0) is 45.0 Å². The van der Waals surface area contributed by atoms with E-state index in [0.717, 1.165) is 0 Å². The third-order valence-electron chi connectivity index (χ3n) is 4.17. The Kier molecular flexibility index (Phi) is 7.83. The Morgan fingerprint density at radius 3 is 2.47 bits per heavy atom. The summed E-state index contributed by atoms with van der Waals surface area (Å²) in [5, 5.41) is 21.1. The number of aromatic hydroxyl groups is 1. The predicted octanol–water partition coefficient (Wildman–Crippen LogP) is 2.96. The summed E-state index contributed by atoms with van der Waals surface area (Å²) in [5.41, 5.74) is 1.14. The first-order valence-electron chi connectivity index (χ1n) is 9.16. The van der Waals surface area contributed by atoms with Gasteiger partial charge in [-0.1, -0.05) is 4.40 Å². The van der Waals surface area contributed by atoms with Crippen LogP contribution in [-0.2, 0) is 16.1 Å². The molecule has 0 aliphatic rings. The normalized spacial score (nSPS) is 14.2. The van der Waals surface area contributed by atoms with E-state index >= 15 is 0 Å². The van der Waals surface area contributed by atoms with Crippen molar-refractivity contribution in [3.8, 4) is 11.5 Å². The molecule has 0 fully saturated rings. The van der Waals surface area contributed by atoms with Crippen LogP contribution < -0.4 is 4.74 Å². The lowest BCUT2D eigenvalue weighted by molar-refractivity contribution is 0.0600. The van der Waals surface area contributed by atoms with Gasteiger partial charge in [0, 0.05) is 24.2 Å². The molecular formula is C21H26N2O6S. The summed E-state index contributed by atoms with van der Waals surface area (Å²) in [6, 6.07) is 7.64. The van der Waals surface area contributed by atoms with Gasteiger partial charge in [0.15, 0.2) is 0 Å². The monoisotopic (exact) mass is 434 g/mol. The molecule has 9 heteroatoms. The number of hydrogen-bond donors (Lipinski definition) is 2. The lowest BCUT2D eigenvalue weighted by Crippen LogP contribution is -2.27. The Bertz CT molecular complexity index is 909. The number of methoxy groups -OCH3 is 2. The van der Waals surface area contributed by atoms with Crippen molar-refractivity contribution in [2.45, 2.75) is 38.0 Å². The number of benzene rings is 1. The molecule has 2 atom stereocenters. The van der Waals surface area contributed by atoms with Gasteiger partial charge in [-0.15, -0.1) is 0 Å². The average molecular weight is 435 g/mol. The first kappa shape index (κ1) is 23.7. The summed E-state index contributed by atoms with van der Waals surface area (Å²) < 4.78 is 26.0. The molecule has 0 saturated heterocycles. The van der Waals surface area contributed by atoms with Gasteiger partial charge in [-0.2, -0.15) is 0 Å². The van der Waals surface area contributed by atoms with E-state index in [9.17, 15) is 19.6 Å². The van der Waals surface area contributed by atoms with Gasteiger partial charge in [0.1, 0.15) is 39.4 Å². The van der Waals surface area contributed by atoms with Gasteiger partial charge in [0.05, 0.1) is 25.5 Å². The van der Waals surface area contributed by atoms with Crippen molar-refractivity contribution >= 4 is 23.0 Å². The van der Waals surface area contributed by atoms with E-state index in [2.05, 4.69) is 14.1 Å². The van der Waals surface area contributed by atoms with E-state index in [0.29, 0.717) is 17.0 Å². The first-order chi connectivity index (χ1) is 14.1. The van der Waals surface area contributed by atoms with Crippen molar-refractivity contribution in [3.63, 3.8) is 0 Å². The number of esters is 1. The summed E-state index contributed by atoms with van der Waals surface area (Å²) in [7, 11) is 2.75. The van der Waals surface area contributed by atoms with Gasteiger partial charge in [0.2, 0.25) is 0 Å². The highest BCUT2D eigenvalue weighted by atomic mass is 32.2. The number of aliphatic hydroxyl groups is 1. The Hall–Kier alpha value is -2.62. The van der Waals surface area contributed by atoms with Gasteiger partial charge < -0.3 is 24.2 Å². The molecule has 2 N–H and O–H groups in total. The molecular weight excluding hydrogens is 408 g/mol. The number of aromatic nitrogens is 1. The number of carbonyl (C=O) groups excluding carboxylic acids is 1. The Morgan fingerprint density at radius 1 is 1.27 bits per heavy atom. The second-order valence-corrected chi connectivity index (χ2v) is 9.37. The zero-order valence-electron chi connectivity index (χ0n) is 17.6. The fourth-order valence-electron chi connectivity index (χ4n) is 2.44.